The maximum Gasteiger partial charge on any atom is 0.129 e. The Balaban J connectivity index is 0. The largest absolute Gasteiger partial charge is 0.550 e. The lowest BCUT2D eigenvalue weighted by atomic mass is 10.2. The molecular formula is C10H16O5-2. The molecule has 0 heterocycles. The van der Waals surface area contributed by atoms with E-state index in [1.807, 2.05) is 6.92 Å². The van der Waals surface area contributed by atoms with Gasteiger partial charge in [0.1, 0.15) is 5.78 Å². The van der Waals surface area contributed by atoms with Gasteiger partial charge in [0.2, 0.25) is 0 Å². The minimum Gasteiger partial charge on any atom is -0.550 e. The lowest BCUT2D eigenvalue weighted by Crippen LogP contribution is -2.23. The van der Waals surface area contributed by atoms with E-state index in [0.717, 1.165) is 0 Å². The van der Waals surface area contributed by atoms with Crippen LogP contribution in [0.5, 0.6) is 0 Å². The maximum atomic E-state index is 9.81. The smallest absolute Gasteiger partial charge is 0.129 e. The molecule has 0 saturated heterocycles. The number of rotatable bonds is 6. The van der Waals surface area contributed by atoms with Gasteiger partial charge in [0.15, 0.2) is 0 Å². The highest BCUT2D eigenvalue weighted by Gasteiger charge is 1.89. The fourth-order valence-corrected chi connectivity index (χ4v) is 0.539. The molecule has 0 radical (unpaired) electrons. The number of Topliss-reactive ketones (excluding diaryl/α,β-unsaturated/α-hetero) is 1. The molecule has 0 bridgehead atoms. The van der Waals surface area contributed by atoms with Crippen molar-refractivity contribution in [2.24, 2.45) is 0 Å². The van der Waals surface area contributed by atoms with Crippen LogP contribution in [0.4, 0.5) is 0 Å². The number of ketones is 1. The number of carbonyl (C=O) groups is 3. The highest BCUT2D eigenvalue weighted by Crippen LogP contribution is 1.96. The van der Waals surface area contributed by atoms with Crippen LogP contribution < -0.4 is 10.2 Å². The van der Waals surface area contributed by atoms with E-state index < -0.39 is 11.9 Å². The summed E-state index contributed by atoms with van der Waals surface area (Å²) in [7, 11) is 0. The topological polar surface area (TPSA) is 97.3 Å². The fraction of sp³-hybridized carbons (Fsp3) is 0.700. The zero-order chi connectivity index (χ0) is 12.3. The molecule has 0 N–H and O–H groups in total. The molecule has 0 atom stereocenters. The SMILES string of the molecule is CCC(C)=O.O=C([O-])CCCCC(=O)[O-]. The van der Waals surface area contributed by atoms with Crippen LogP contribution in [0.1, 0.15) is 46.0 Å². The summed E-state index contributed by atoms with van der Waals surface area (Å²) in [6, 6.07) is 0. The van der Waals surface area contributed by atoms with E-state index in [2.05, 4.69) is 0 Å². The Kier molecular flexibility index (Phi) is 11.4. The summed E-state index contributed by atoms with van der Waals surface area (Å²) in [5.41, 5.74) is 0. The van der Waals surface area contributed by atoms with Crippen molar-refractivity contribution in [2.45, 2.75) is 46.0 Å². The van der Waals surface area contributed by atoms with Crippen molar-refractivity contribution in [1.82, 2.24) is 0 Å². The molecule has 0 aromatic carbocycles. The van der Waals surface area contributed by atoms with Crippen molar-refractivity contribution in [3.63, 3.8) is 0 Å². The summed E-state index contributed by atoms with van der Waals surface area (Å²) in [5, 5.41) is 19.5. The Labute approximate surface area is 89.1 Å². The quantitative estimate of drug-likeness (QED) is 0.532. The van der Waals surface area contributed by atoms with Crippen molar-refractivity contribution >= 4 is 17.7 Å². The molecule has 5 nitrogen and oxygen atoms in total. The standard InChI is InChI=1S/C6H10O4.C4H8O/c7-5(8)3-1-2-4-6(9)10;1-3-4(2)5/h1-4H2,(H,7,8)(H,9,10);3H2,1-2H3/p-2. The minimum atomic E-state index is -1.14. The molecule has 0 unspecified atom stereocenters. The molecule has 5 heteroatoms. The van der Waals surface area contributed by atoms with Gasteiger partial charge in [-0.15, -0.1) is 0 Å². The number of unbranched alkanes of at least 4 members (excludes halogenated alkanes) is 1. The lowest BCUT2D eigenvalue weighted by Gasteiger charge is -2.01. The van der Waals surface area contributed by atoms with E-state index >= 15 is 0 Å². The zero-order valence-corrected chi connectivity index (χ0v) is 9.08. The Morgan fingerprint density at radius 3 is 1.33 bits per heavy atom. The third-order valence-corrected chi connectivity index (χ3v) is 1.51. The molecule has 0 aliphatic rings. The molecular weight excluding hydrogens is 200 g/mol. The highest BCUT2D eigenvalue weighted by molar-refractivity contribution is 5.74. The van der Waals surface area contributed by atoms with Crippen molar-refractivity contribution < 1.29 is 24.6 Å². The molecule has 15 heavy (non-hydrogen) atoms. The van der Waals surface area contributed by atoms with E-state index in [4.69, 9.17) is 0 Å². The van der Waals surface area contributed by atoms with Gasteiger partial charge < -0.3 is 24.6 Å². The van der Waals surface area contributed by atoms with Gasteiger partial charge in [-0.2, -0.15) is 0 Å². The van der Waals surface area contributed by atoms with E-state index in [-0.39, 0.29) is 18.6 Å². The summed E-state index contributed by atoms with van der Waals surface area (Å²) in [6.07, 6.45) is 1.20. The normalized spacial score (nSPS) is 8.67. The fourth-order valence-electron chi connectivity index (χ4n) is 0.539. The van der Waals surface area contributed by atoms with Gasteiger partial charge in [-0.1, -0.05) is 6.92 Å². The van der Waals surface area contributed by atoms with Gasteiger partial charge in [-0.25, -0.2) is 0 Å². The van der Waals surface area contributed by atoms with Crippen LogP contribution in [0.3, 0.4) is 0 Å². The number of hydrogen-bond donors (Lipinski definition) is 0. The molecule has 0 fully saturated rings. The molecule has 0 spiro atoms. The van der Waals surface area contributed by atoms with Gasteiger partial charge in [0.25, 0.3) is 0 Å². The van der Waals surface area contributed by atoms with Crippen LogP contribution in [0.2, 0.25) is 0 Å². The maximum absolute atomic E-state index is 9.81. The second kappa shape index (κ2) is 10.7. The number of carboxylic acids is 2. The summed E-state index contributed by atoms with van der Waals surface area (Å²) < 4.78 is 0. The molecule has 0 aliphatic carbocycles. The molecule has 0 amide bonds. The van der Waals surface area contributed by atoms with E-state index in [1.165, 1.54) is 0 Å². The van der Waals surface area contributed by atoms with Crippen LogP contribution in [0.25, 0.3) is 0 Å². The van der Waals surface area contributed by atoms with Crippen LogP contribution in [-0.2, 0) is 14.4 Å². The number of carbonyl (C=O) groups excluding carboxylic acids is 3. The van der Waals surface area contributed by atoms with E-state index in [9.17, 15) is 24.6 Å². The molecule has 0 rings (SSSR count). The van der Waals surface area contributed by atoms with Crippen molar-refractivity contribution in [2.75, 3.05) is 0 Å². The first kappa shape index (κ1) is 16.1. The summed E-state index contributed by atoms with van der Waals surface area (Å²) >= 11 is 0. The van der Waals surface area contributed by atoms with Crippen molar-refractivity contribution in [1.29, 1.82) is 0 Å². The van der Waals surface area contributed by atoms with Crippen molar-refractivity contribution in [3.8, 4) is 0 Å². The van der Waals surface area contributed by atoms with Crippen LogP contribution in [0.15, 0.2) is 0 Å². The van der Waals surface area contributed by atoms with Gasteiger partial charge in [0.05, 0.1) is 0 Å². The highest BCUT2D eigenvalue weighted by atomic mass is 16.4. The van der Waals surface area contributed by atoms with Crippen LogP contribution in [-0.4, -0.2) is 17.7 Å². The van der Waals surface area contributed by atoms with Gasteiger partial charge in [-0.05, 0) is 32.6 Å². The molecule has 88 valence electrons. The van der Waals surface area contributed by atoms with Gasteiger partial charge in [0, 0.05) is 18.4 Å². The lowest BCUT2D eigenvalue weighted by molar-refractivity contribution is -0.308. The Hall–Kier alpha value is -1.39. The second-order valence-electron chi connectivity index (χ2n) is 3.01. The second-order valence-corrected chi connectivity index (χ2v) is 3.01. The molecule has 0 aromatic rings. The predicted molar refractivity (Wildman–Crippen MR) is 49.5 cm³/mol. The third kappa shape index (κ3) is 24.5. The third-order valence-electron chi connectivity index (χ3n) is 1.51. The van der Waals surface area contributed by atoms with Crippen molar-refractivity contribution in [3.05, 3.63) is 0 Å². The predicted octanol–water partition coefficient (Wildman–Crippen LogP) is -0.968. The molecule has 0 saturated carbocycles. The minimum absolute atomic E-state index is 0.0761. The summed E-state index contributed by atoms with van der Waals surface area (Å²) in [6.45, 7) is 3.43. The van der Waals surface area contributed by atoms with E-state index in [0.29, 0.717) is 19.3 Å². The summed E-state index contributed by atoms with van der Waals surface area (Å²) in [4.78, 5) is 29.4. The Morgan fingerprint density at radius 1 is 0.933 bits per heavy atom. The van der Waals surface area contributed by atoms with Gasteiger partial charge >= 0.3 is 0 Å². The molecule has 0 aromatic heterocycles. The first-order valence-electron chi connectivity index (χ1n) is 4.79. The number of aliphatic carboxylic acids is 2. The monoisotopic (exact) mass is 216 g/mol. The zero-order valence-electron chi connectivity index (χ0n) is 9.08. The Morgan fingerprint density at radius 2 is 1.20 bits per heavy atom. The Bertz CT molecular complexity index is 194. The first-order valence-corrected chi connectivity index (χ1v) is 4.79. The van der Waals surface area contributed by atoms with E-state index in [1.54, 1.807) is 6.92 Å². The molecule has 0 aliphatic heterocycles. The average Bonchev–Trinajstić information content (AvgIpc) is 2.13. The summed E-state index contributed by atoms with van der Waals surface area (Å²) in [5.74, 6) is -2.03. The number of hydrogen-bond acceptors (Lipinski definition) is 5. The van der Waals surface area contributed by atoms with Crippen LogP contribution in [0, 0.1) is 0 Å². The number of carboxylic acid groups (broad SMARTS) is 2. The average molecular weight is 216 g/mol. The van der Waals surface area contributed by atoms with Crippen LogP contribution >= 0.6 is 0 Å². The first-order chi connectivity index (χ1) is 6.90. The van der Waals surface area contributed by atoms with Gasteiger partial charge in [-0.3, -0.25) is 0 Å².